The van der Waals surface area contributed by atoms with Gasteiger partial charge in [-0.1, -0.05) is 106 Å². The third kappa shape index (κ3) is 18.8. The number of para-hydroxylation sites is 6. The lowest BCUT2D eigenvalue weighted by molar-refractivity contribution is -0.116. The van der Waals surface area contributed by atoms with Crippen LogP contribution in [0.25, 0.3) is 32.5 Å². The number of hydrogen-bond acceptors (Lipinski definition) is 24. The van der Waals surface area contributed by atoms with Crippen LogP contribution < -0.4 is 55.1 Å². The van der Waals surface area contributed by atoms with Gasteiger partial charge in [0, 0.05) is 17.2 Å². The summed E-state index contributed by atoms with van der Waals surface area (Å²) in [7, 11) is 12.1. The van der Waals surface area contributed by atoms with Crippen LogP contribution in [-0.4, -0.2) is 137 Å². The standard InChI is InChI=1S/C26H28N4O4S.C25H26N4O4S.C22H26N4O4S.C4H7BrO/c1-6-16-15-35-25(27-16)23-19(7-2)29-30(21-10-8-9-11-22(21)33-4)24(23)28-20-13-12-17(32-3)14-18(20)26(31)34-5;1-5-15-14-34-24(26-15)22-18(6-2)28-29(20-9-7-8-10-21(20)33-4)23(22)27-19-12-11-16(32-3)13-17(19)25(30)31;1-5-15-19(20(23)31)21(26(25-15)17-8-6-7-9-18(17)29-3)24-16-11-10-13(28-2)12-14(16)22(27)30-4;1-2-4(6)3-5/h8-15,28H,6-7H2,1-5H3;7-14,27H,5-6H2,1-4H3,(H,30,31);6-12,19,21,24H,5H2,1-4H3,(H2,23,31);2-3H2,1H3. The number of halogens is 1. The highest BCUT2D eigenvalue weighted by molar-refractivity contribution is 9.09. The number of esters is 2. The molecular weight excluding hydrogens is 1480 g/mol. The highest BCUT2D eigenvalue weighted by Crippen LogP contribution is 2.44. The molecule has 0 radical (unpaired) electrons. The number of nitrogens with zero attached hydrogens (tertiary/aromatic N) is 8. The number of thiazole rings is 2. The average Bonchev–Trinajstić information content (AvgIpc) is 1.66. The van der Waals surface area contributed by atoms with Crippen LogP contribution in [0.4, 0.5) is 34.4 Å². The van der Waals surface area contributed by atoms with Crippen molar-refractivity contribution >= 4 is 120 Å². The number of aromatic nitrogens is 6. The first-order valence-electron chi connectivity index (χ1n) is 33.8. The predicted octanol–water partition coefficient (Wildman–Crippen LogP) is 16.0. The first kappa shape index (κ1) is 80.8. The zero-order valence-corrected chi connectivity index (χ0v) is 65.5. The van der Waals surface area contributed by atoms with E-state index in [1.807, 2.05) is 104 Å². The minimum atomic E-state index is -1.07. The molecule has 0 fully saturated rings. The third-order valence-electron chi connectivity index (χ3n) is 16.7. The van der Waals surface area contributed by atoms with E-state index in [-0.39, 0.29) is 17.3 Å². The van der Waals surface area contributed by atoms with E-state index in [9.17, 15) is 24.3 Å². The molecule has 25 nitrogen and oxygen atoms in total. The number of hydrazone groups is 1. The molecule has 1 aliphatic heterocycles. The number of alkyl halides is 1. The number of nitrogens with two attached hydrogens (primary N) is 1. The molecule has 0 saturated heterocycles. The molecule has 0 saturated carbocycles. The van der Waals surface area contributed by atoms with Crippen LogP contribution in [0.3, 0.4) is 0 Å². The number of rotatable bonds is 28. The maximum absolute atomic E-state index is 12.6. The largest absolute Gasteiger partial charge is 0.497 e. The van der Waals surface area contributed by atoms with Gasteiger partial charge in [0.2, 0.25) is 0 Å². The van der Waals surface area contributed by atoms with Crippen molar-refractivity contribution in [3.05, 3.63) is 178 Å². The van der Waals surface area contributed by atoms with Gasteiger partial charge in [-0.3, -0.25) is 4.79 Å². The van der Waals surface area contributed by atoms with Crippen LogP contribution in [-0.2, 0) is 40.0 Å². The number of carboxylic acids is 1. The maximum atomic E-state index is 12.6. The van der Waals surface area contributed by atoms with Gasteiger partial charge in [-0.05, 0) is 123 Å². The summed E-state index contributed by atoms with van der Waals surface area (Å²) in [6.07, 6.45) is 3.86. The van der Waals surface area contributed by atoms with E-state index in [2.05, 4.69) is 58.0 Å². The van der Waals surface area contributed by atoms with E-state index in [4.69, 9.17) is 81.1 Å². The van der Waals surface area contributed by atoms with E-state index in [0.717, 1.165) is 79.5 Å². The summed E-state index contributed by atoms with van der Waals surface area (Å²) < 4.78 is 46.2. The van der Waals surface area contributed by atoms with Crippen molar-refractivity contribution < 1.29 is 62.2 Å². The van der Waals surface area contributed by atoms with E-state index in [1.54, 1.807) is 109 Å². The van der Waals surface area contributed by atoms with Gasteiger partial charge in [0.05, 0.1) is 146 Å². The zero-order valence-electron chi connectivity index (χ0n) is 61.5. The fourth-order valence-corrected chi connectivity index (χ4v) is 13.7. The van der Waals surface area contributed by atoms with Crippen LogP contribution in [0.15, 0.2) is 143 Å². The Morgan fingerprint density at radius 2 is 0.943 bits per heavy atom. The lowest BCUT2D eigenvalue weighted by Gasteiger charge is -2.30. The van der Waals surface area contributed by atoms with E-state index < -0.39 is 24.1 Å². The second-order valence-electron chi connectivity index (χ2n) is 22.9. The van der Waals surface area contributed by atoms with Gasteiger partial charge in [-0.2, -0.15) is 15.3 Å². The summed E-state index contributed by atoms with van der Waals surface area (Å²) in [6.45, 7) is 12.1. The number of thiocarbonyl (C=S) groups is 1. The number of anilines is 6. The molecule has 2 atom stereocenters. The molecule has 6 N–H and O–H groups in total. The van der Waals surface area contributed by atoms with Gasteiger partial charge in [0.25, 0.3) is 0 Å². The molecule has 5 heterocycles. The van der Waals surface area contributed by atoms with Gasteiger partial charge >= 0.3 is 17.9 Å². The number of benzene rings is 6. The highest BCUT2D eigenvalue weighted by Gasteiger charge is 2.41. The fraction of sp³-hybridized carbons (Fsp3) is 0.299. The van der Waals surface area contributed by atoms with Crippen molar-refractivity contribution in [2.24, 2.45) is 16.8 Å². The molecule has 0 bridgehead atoms. The van der Waals surface area contributed by atoms with Crippen LogP contribution >= 0.6 is 50.8 Å². The first-order valence-corrected chi connectivity index (χ1v) is 37.1. The molecule has 106 heavy (non-hydrogen) atoms. The van der Waals surface area contributed by atoms with Crippen molar-refractivity contribution in [1.29, 1.82) is 0 Å². The SMILES string of the molecule is CCC(=O)CBr.CCC1=NN(c2ccccc2OC)C(Nc2ccc(OC)cc2C(=O)OC)C1C(N)=S.CCc1csc(-c2c(CC)nn(-c3ccccc3OC)c2Nc2ccc(OC)cc2C(=O)O)n1.CCc1csc(-c2c(CC)nn(-c3ccccc3OC)c2Nc2ccc(OC)cc2C(=O)OC)n1. The van der Waals surface area contributed by atoms with E-state index in [1.165, 1.54) is 34.5 Å². The molecule has 6 aromatic carbocycles. The van der Waals surface area contributed by atoms with Crippen molar-refractivity contribution in [3.8, 4) is 67.0 Å². The van der Waals surface area contributed by atoms with Crippen molar-refractivity contribution in [2.45, 2.75) is 86.2 Å². The minimum Gasteiger partial charge on any atom is -0.497 e. The Labute approximate surface area is 638 Å². The smallest absolute Gasteiger partial charge is 0.340 e. The maximum Gasteiger partial charge on any atom is 0.340 e. The number of carboxylic acid groups (broad SMARTS) is 1. The van der Waals surface area contributed by atoms with Gasteiger partial charge in [0.15, 0.2) is 0 Å². The molecule has 1 aliphatic rings. The Hall–Kier alpha value is -10.9. The Kier molecular flexibility index (Phi) is 29.5. The summed E-state index contributed by atoms with van der Waals surface area (Å²) >= 11 is 11.5. The lowest BCUT2D eigenvalue weighted by atomic mass is 9.98. The van der Waals surface area contributed by atoms with Crippen molar-refractivity contribution in [2.75, 3.05) is 83.2 Å². The number of hydrogen-bond donors (Lipinski definition) is 5. The topological polar surface area (TPSA) is 301 Å². The first-order chi connectivity index (χ1) is 51.3. The molecular formula is C77H87BrN12O13S3. The molecule has 29 heteroatoms. The molecule has 4 aromatic heterocycles. The summed E-state index contributed by atoms with van der Waals surface area (Å²) in [6, 6.07) is 38.0. The van der Waals surface area contributed by atoms with Crippen molar-refractivity contribution in [1.82, 2.24) is 29.5 Å². The number of methoxy groups -OCH3 is 8. The van der Waals surface area contributed by atoms with Crippen LogP contribution in [0, 0.1) is 5.92 Å². The number of carbonyl (C=O) groups is 4. The van der Waals surface area contributed by atoms with Crippen LogP contribution in [0.1, 0.15) is 108 Å². The second kappa shape index (κ2) is 38.8. The minimum absolute atomic E-state index is 0.0875. The second-order valence-corrected chi connectivity index (χ2v) is 25.7. The Morgan fingerprint density at radius 1 is 0.538 bits per heavy atom. The summed E-state index contributed by atoms with van der Waals surface area (Å²) in [5.41, 5.74) is 16.9. The molecule has 0 aliphatic carbocycles. The number of aryl methyl sites for hydroxylation is 4. The van der Waals surface area contributed by atoms with E-state index in [0.29, 0.717) is 110 Å². The molecule has 558 valence electrons. The van der Waals surface area contributed by atoms with Gasteiger partial charge < -0.3 is 64.7 Å². The predicted molar refractivity (Wildman–Crippen MR) is 425 cm³/mol. The van der Waals surface area contributed by atoms with Gasteiger partial charge in [0.1, 0.15) is 85.2 Å². The van der Waals surface area contributed by atoms with Crippen molar-refractivity contribution in [3.63, 3.8) is 0 Å². The molecule has 0 spiro atoms. The molecule has 11 rings (SSSR count). The Balaban J connectivity index is 0.000000193. The zero-order chi connectivity index (χ0) is 76.7. The quantitative estimate of drug-likeness (QED) is 0.0173. The Bertz CT molecular complexity index is 4740. The van der Waals surface area contributed by atoms with Crippen LogP contribution in [0.5, 0.6) is 34.5 Å². The van der Waals surface area contributed by atoms with Gasteiger partial charge in [-0.15, -0.1) is 22.7 Å². The number of aromatic carboxylic acids is 1. The number of carbonyl (C=O) groups excluding carboxylic acids is 3. The van der Waals surface area contributed by atoms with Gasteiger partial charge in [-0.25, -0.2) is 38.7 Å². The molecule has 2 unspecified atom stereocenters. The third-order valence-corrected chi connectivity index (χ3v) is 19.4. The summed E-state index contributed by atoms with van der Waals surface area (Å²) in [4.78, 5) is 57.2. The van der Waals surface area contributed by atoms with E-state index >= 15 is 0 Å². The van der Waals surface area contributed by atoms with Crippen LogP contribution in [0.2, 0.25) is 0 Å². The molecule has 0 amide bonds. The summed E-state index contributed by atoms with van der Waals surface area (Å²) in [5.74, 6) is 2.69. The lowest BCUT2D eigenvalue weighted by Crippen LogP contribution is -2.45. The number of Topliss-reactive ketones (excluding diaryl/α,β-unsaturated/α-hetero) is 1. The summed E-state index contributed by atoms with van der Waals surface area (Å²) in [5, 5.41) is 42.8. The normalized spacial score (nSPS) is 12.7. The molecule has 10 aromatic rings. The number of ketones is 1. The number of nitrogens with one attached hydrogen (secondary N) is 3. The monoisotopic (exact) mass is 1560 g/mol. The fourth-order valence-electron chi connectivity index (χ4n) is 11.1. The Morgan fingerprint density at radius 3 is 1.30 bits per heavy atom. The average molecular weight is 1560 g/mol. The number of ether oxygens (including phenoxy) is 8. The highest BCUT2D eigenvalue weighted by atomic mass is 79.9.